The third kappa shape index (κ3) is 1.66. The zero-order chi connectivity index (χ0) is 9.14. The van der Waals surface area contributed by atoms with E-state index in [1.165, 1.54) is 19.3 Å². The second-order valence-corrected chi connectivity index (χ2v) is 2.12. The molecule has 6 heteroatoms. The summed E-state index contributed by atoms with van der Waals surface area (Å²) in [6.07, 6.45) is 2.71. The lowest BCUT2D eigenvalue weighted by Gasteiger charge is -1.94. The van der Waals surface area contributed by atoms with E-state index in [2.05, 4.69) is 9.73 Å². The molecule has 2 N–H and O–H groups in total. The highest BCUT2D eigenvalue weighted by atomic mass is 16.6. The first-order valence-corrected chi connectivity index (χ1v) is 3.23. The van der Waals surface area contributed by atoms with Gasteiger partial charge in [-0.1, -0.05) is 0 Å². The topological polar surface area (TPSA) is 82.0 Å². The number of aliphatic imine (C=N–C) groups is 1. The van der Waals surface area contributed by atoms with Gasteiger partial charge in [-0.2, -0.15) is 0 Å². The van der Waals surface area contributed by atoms with Gasteiger partial charge in [-0.05, 0) is 12.2 Å². The Labute approximate surface area is 69.5 Å². The molecule has 12 heavy (non-hydrogen) atoms. The summed E-state index contributed by atoms with van der Waals surface area (Å²) in [5, 5.41) is 28.1. The van der Waals surface area contributed by atoms with E-state index in [9.17, 15) is 5.11 Å². The van der Waals surface area contributed by atoms with Crippen molar-refractivity contribution in [2.75, 3.05) is 7.11 Å². The van der Waals surface area contributed by atoms with Gasteiger partial charge in [0.25, 0.3) is 0 Å². The molecule has 1 radical (unpaired) electrons. The predicted octanol–water partition coefficient (Wildman–Crippen LogP) is -0.745. The smallest absolute Gasteiger partial charge is 0.464 e. The van der Waals surface area contributed by atoms with Crippen LogP contribution in [0.5, 0.6) is 0 Å². The number of ether oxygens (including phenoxy) is 1. The normalized spacial score (nSPS) is 19.1. The van der Waals surface area contributed by atoms with Crippen molar-refractivity contribution >= 4 is 12.7 Å². The van der Waals surface area contributed by atoms with Crippen molar-refractivity contribution in [3.8, 4) is 0 Å². The molecule has 1 aliphatic rings. The molecule has 0 fully saturated rings. The van der Waals surface area contributed by atoms with E-state index < -0.39 is 13.1 Å². The molecule has 0 bridgehead atoms. The number of allylic oxidation sites excluding steroid dienone is 2. The van der Waals surface area contributed by atoms with Crippen molar-refractivity contribution in [3.05, 3.63) is 23.8 Å². The number of hydrogen-bond donors (Lipinski definition) is 2. The molecule has 0 spiro atoms. The zero-order valence-corrected chi connectivity index (χ0v) is 6.39. The molecule has 1 rings (SSSR count). The lowest BCUT2D eigenvalue weighted by atomic mass is 9.84. The van der Waals surface area contributed by atoms with Crippen molar-refractivity contribution in [2.45, 2.75) is 0 Å². The Morgan fingerprint density at radius 1 is 1.58 bits per heavy atom. The largest absolute Gasteiger partial charge is 0.508 e. The Bertz CT molecular complexity index is 269. The SMILES string of the molecule is COC([O])=C1C=CC(B(O)O)=N1. The second-order valence-electron chi connectivity index (χ2n) is 2.12. The molecule has 0 amide bonds. The van der Waals surface area contributed by atoms with Crippen LogP contribution in [0.1, 0.15) is 0 Å². The Kier molecular flexibility index (Phi) is 2.52. The average molecular weight is 168 g/mol. The van der Waals surface area contributed by atoms with Crippen LogP contribution in [0, 0.1) is 0 Å². The van der Waals surface area contributed by atoms with Crippen LogP contribution < -0.4 is 0 Å². The first-order chi connectivity index (χ1) is 5.65. The molecule has 0 aromatic carbocycles. The fraction of sp³-hybridized carbons (Fsp3) is 0.167. The highest BCUT2D eigenvalue weighted by Gasteiger charge is 2.20. The van der Waals surface area contributed by atoms with Gasteiger partial charge < -0.3 is 14.8 Å². The van der Waals surface area contributed by atoms with Crippen LogP contribution in [0.2, 0.25) is 0 Å². The van der Waals surface area contributed by atoms with Gasteiger partial charge in [0.15, 0.2) is 0 Å². The third-order valence-electron chi connectivity index (χ3n) is 1.32. The average Bonchev–Trinajstić information content (AvgIpc) is 2.51. The van der Waals surface area contributed by atoms with Crippen molar-refractivity contribution in [2.24, 2.45) is 4.99 Å². The van der Waals surface area contributed by atoms with E-state index in [0.29, 0.717) is 0 Å². The van der Waals surface area contributed by atoms with E-state index >= 15 is 0 Å². The summed E-state index contributed by atoms with van der Waals surface area (Å²) in [4.78, 5) is 3.61. The maximum absolute atomic E-state index is 10.8. The van der Waals surface area contributed by atoms with Crippen molar-refractivity contribution in [1.29, 1.82) is 0 Å². The first kappa shape index (κ1) is 8.83. The van der Waals surface area contributed by atoms with Crippen LogP contribution in [0.3, 0.4) is 0 Å². The van der Waals surface area contributed by atoms with Crippen molar-refractivity contribution in [3.63, 3.8) is 0 Å². The third-order valence-corrected chi connectivity index (χ3v) is 1.32. The molecule has 0 aliphatic carbocycles. The van der Waals surface area contributed by atoms with Crippen molar-refractivity contribution in [1.82, 2.24) is 0 Å². The monoisotopic (exact) mass is 168 g/mol. The lowest BCUT2D eigenvalue weighted by Crippen LogP contribution is -2.22. The van der Waals surface area contributed by atoms with Gasteiger partial charge in [0.1, 0.15) is 5.70 Å². The van der Waals surface area contributed by atoms with Crippen molar-refractivity contribution < 1.29 is 19.9 Å². The van der Waals surface area contributed by atoms with Gasteiger partial charge in [-0.25, -0.2) is 10.1 Å². The summed E-state index contributed by atoms with van der Waals surface area (Å²) >= 11 is 0. The van der Waals surface area contributed by atoms with Gasteiger partial charge in [0.2, 0.25) is 0 Å². The molecule has 0 aromatic heterocycles. The molecular weight excluding hydrogens is 161 g/mol. The Balaban J connectivity index is 2.86. The minimum Gasteiger partial charge on any atom is -0.464 e. The fourth-order valence-corrected chi connectivity index (χ4v) is 0.740. The summed E-state index contributed by atoms with van der Waals surface area (Å²) in [5.74, 6) is -0.595. The Morgan fingerprint density at radius 3 is 2.67 bits per heavy atom. The number of methoxy groups -OCH3 is 1. The second kappa shape index (κ2) is 3.42. The summed E-state index contributed by atoms with van der Waals surface area (Å²) in [7, 11) is -0.421. The summed E-state index contributed by atoms with van der Waals surface area (Å²) in [6, 6.07) is 0. The number of rotatable bonds is 2. The molecule has 0 saturated carbocycles. The summed E-state index contributed by atoms with van der Waals surface area (Å²) in [6.45, 7) is 0. The van der Waals surface area contributed by atoms with Crippen LogP contribution >= 0.6 is 0 Å². The summed E-state index contributed by atoms with van der Waals surface area (Å²) in [5.41, 5.74) is 0.107. The standard InChI is InChI=1S/C6H7BNO4/c1-12-6(9)4-2-3-5(8-4)7(10)11/h2-3,10-11H,1H3. The maximum atomic E-state index is 10.8. The van der Waals surface area contributed by atoms with E-state index in [1.807, 2.05) is 0 Å². The molecule has 0 saturated heterocycles. The predicted molar refractivity (Wildman–Crippen MR) is 41.5 cm³/mol. The molecule has 0 unspecified atom stereocenters. The van der Waals surface area contributed by atoms with Crippen LogP contribution in [-0.4, -0.2) is 29.9 Å². The minimum absolute atomic E-state index is 0.0374. The van der Waals surface area contributed by atoms with Crippen LogP contribution in [0.25, 0.3) is 0 Å². The van der Waals surface area contributed by atoms with E-state index in [4.69, 9.17) is 10.0 Å². The number of nitrogens with zero attached hydrogens (tertiary/aromatic N) is 1. The molecule has 1 heterocycles. The van der Waals surface area contributed by atoms with E-state index in [1.54, 1.807) is 0 Å². The zero-order valence-electron chi connectivity index (χ0n) is 6.39. The van der Waals surface area contributed by atoms with Crippen LogP contribution in [0.4, 0.5) is 0 Å². The molecule has 63 valence electrons. The Morgan fingerprint density at radius 2 is 2.25 bits per heavy atom. The van der Waals surface area contributed by atoms with Crippen LogP contribution in [-0.2, 0) is 9.84 Å². The number of hydrogen-bond acceptors (Lipinski definition) is 4. The molecular formula is C6H7BNO4. The Hall–Kier alpha value is -1.27. The first-order valence-electron chi connectivity index (χ1n) is 3.23. The molecule has 0 aromatic rings. The quantitative estimate of drug-likeness (QED) is 0.420. The van der Waals surface area contributed by atoms with E-state index in [-0.39, 0.29) is 11.3 Å². The van der Waals surface area contributed by atoms with Gasteiger partial charge in [-0.3, -0.25) is 0 Å². The van der Waals surface area contributed by atoms with Gasteiger partial charge in [0.05, 0.1) is 12.7 Å². The minimum atomic E-state index is -1.65. The van der Waals surface area contributed by atoms with Gasteiger partial charge >= 0.3 is 13.1 Å². The van der Waals surface area contributed by atoms with Gasteiger partial charge in [-0.15, -0.1) is 0 Å². The molecule has 0 atom stereocenters. The van der Waals surface area contributed by atoms with E-state index in [0.717, 1.165) is 0 Å². The van der Waals surface area contributed by atoms with Gasteiger partial charge in [0, 0.05) is 0 Å². The highest BCUT2D eigenvalue weighted by Crippen LogP contribution is 2.13. The molecule has 1 aliphatic heterocycles. The highest BCUT2D eigenvalue weighted by molar-refractivity contribution is 6.82. The lowest BCUT2D eigenvalue weighted by molar-refractivity contribution is 0.0828. The molecule has 5 nitrogen and oxygen atoms in total. The summed E-state index contributed by atoms with van der Waals surface area (Å²) < 4.78 is 4.36. The fourth-order valence-electron chi connectivity index (χ4n) is 0.740. The maximum Gasteiger partial charge on any atom is 0.508 e. The van der Waals surface area contributed by atoms with Crippen LogP contribution in [0.15, 0.2) is 28.8 Å².